The minimum absolute atomic E-state index is 0.160. The Bertz CT molecular complexity index is 434. The first-order valence-corrected chi connectivity index (χ1v) is 9.30. The first-order valence-electron chi connectivity index (χ1n) is 7.77. The monoisotopic (exact) mass is 401 g/mol. The van der Waals surface area contributed by atoms with E-state index in [0.717, 1.165) is 29.9 Å². The zero-order chi connectivity index (χ0) is 15.1. The van der Waals surface area contributed by atoms with Crippen LogP contribution in [-0.4, -0.2) is 45.9 Å². The van der Waals surface area contributed by atoms with Gasteiger partial charge >= 0.3 is 0 Å². The largest absolute Gasteiger partial charge is 0.301 e. The van der Waals surface area contributed by atoms with E-state index in [1.54, 1.807) is 6.20 Å². The summed E-state index contributed by atoms with van der Waals surface area (Å²) in [4.78, 5) is 21.2. The molecular formula is C16H24IN3O. The molecule has 0 radical (unpaired) electrons. The van der Waals surface area contributed by atoms with E-state index in [2.05, 4.69) is 32.5 Å². The molecule has 2 heterocycles. The molecule has 4 nitrogen and oxygen atoms in total. The van der Waals surface area contributed by atoms with Gasteiger partial charge in [0, 0.05) is 23.6 Å². The Morgan fingerprint density at radius 2 is 2.14 bits per heavy atom. The molecule has 1 aliphatic heterocycles. The van der Waals surface area contributed by atoms with Crippen LogP contribution in [0.3, 0.4) is 0 Å². The Kier molecular flexibility index (Phi) is 6.89. The van der Waals surface area contributed by atoms with Crippen molar-refractivity contribution in [3.05, 3.63) is 24.4 Å². The molecule has 1 amide bonds. The molecule has 1 unspecified atom stereocenters. The van der Waals surface area contributed by atoms with E-state index >= 15 is 0 Å². The Hall–Kier alpha value is -0.690. The molecule has 2 rings (SSSR count). The van der Waals surface area contributed by atoms with Gasteiger partial charge in [-0.15, -0.1) is 0 Å². The summed E-state index contributed by atoms with van der Waals surface area (Å²) in [6.45, 7) is 5.18. The molecule has 0 spiro atoms. The third-order valence-electron chi connectivity index (χ3n) is 3.93. The van der Waals surface area contributed by atoms with Crippen LogP contribution in [0.1, 0.15) is 32.6 Å². The summed E-state index contributed by atoms with van der Waals surface area (Å²) in [5.41, 5.74) is 0. The molecule has 0 N–H and O–H groups in total. The number of rotatable bonds is 6. The smallest absolute Gasteiger partial charge is 0.228 e. The number of aromatic nitrogens is 1. The van der Waals surface area contributed by atoms with Crippen molar-refractivity contribution in [2.75, 3.05) is 29.0 Å². The number of carbonyl (C=O) groups is 1. The molecule has 0 aromatic carbocycles. The van der Waals surface area contributed by atoms with Crippen LogP contribution in [0.25, 0.3) is 0 Å². The highest BCUT2D eigenvalue weighted by Gasteiger charge is 2.26. The van der Waals surface area contributed by atoms with Gasteiger partial charge in [0.1, 0.15) is 5.82 Å². The molecule has 1 saturated heterocycles. The topological polar surface area (TPSA) is 36.4 Å². The van der Waals surface area contributed by atoms with Crippen LogP contribution in [0.15, 0.2) is 24.4 Å². The first kappa shape index (κ1) is 16.7. The number of pyridine rings is 1. The van der Waals surface area contributed by atoms with Gasteiger partial charge in [-0.3, -0.25) is 9.69 Å². The van der Waals surface area contributed by atoms with Gasteiger partial charge in [-0.05, 0) is 38.1 Å². The summed E-state index contributed by atoms with van der Waals surface area (Å²) in [6.07, 6.45) is 6.17. The lowest BCUT2D eigenvalue weighted by Gasteiger charge is -2.35. The van der Waals surface area contributed by atoms with Crippen molar-refractivity contribution in [1.29, 1.82) is 0 Å². The van der Waals surface area contributed by atoms with Gasteiger partial charge in [-0.1, -0.05) is 42.0 Å². The quantitative estimate of drug-likeness (QED) is 0.543. The molecule has 21 heavy (non-hydrogen) atoms. The van der Waals surface area contributed by atoms with Crippen molar-refractivity contribution in [3.8, 4) is 0 Å². The number of carbonyl (C=O) groups excluding carboxylic acids is 1. The summed E-state index contributed by atoms with van der Waals surface area (Å²) < 4.78 is 0.927. The van der Waals surface area contributed by atoms with Gasteiger partial charge in [0.25, 0.3) is 0 Å². The molecule has 1 aromatic rings. The number of likely N-dealkylation sites (tertiary alicyclic amines) is 1. The van der Waals surface area contributed by atoms with Gasteiger partial charge in [-0.25, -0.2) is 4.98 Å². The Morgan fingerprint density at radius 1 is 1.38 bits per heavy atom. The number of hydrogen-bond acceptors (Lipinski definition) is 3. The average Bonchev–Trinajstić information content (AvgIpc) is 2.56. The van der Waals surface area contributed by atoms with E-state index in [9.17, 15) is 4.79 Å². The highest BCUT2D eigenvalue weighted by Crippen LogP contribution is 2.19. The van der Waals surface area contributed by atoms with Crippen LogP contribution < -0.4 is 4.90 Å². The van der Waals surface area contributed by atoms with E-state index in [-0.39, 0.29) is 11.9 Å². The van der Waals surface area contributed by atoms with Crippen molar-refractivity contribution in [2.45, 2.75) is 38.6 Å². The van der Waals surface area contributed by atoms with Crippen LogP contribution in [0.5, 0.6) is 0 Å². The number of alkyl halides is 1. The molecule has 1 atom stereocenters. The summed E-state index contributed by atoms with van der Waals surface area (Å²) in [5, 5.41) is 0. The molecule has 1 aromatic heterocycles. The van der Waals surface area contributed by atoms with Gasteiger partial charge < -0.3 is 4.90 Å². The summed E-state index contributed by atoms with van der Waals surface area (Å²) in [7, 11) is 0. The zero-order valence-corrected chi connectivity index (χ0v) is 14.8. The summed E-state index contributed by atoms with van der Waals surface area (Å²) in [5.74, 6) is 0.940. The maximum absolute atomic E-state index is 12.4. The van der Waals surface area contributed by atoms with Gasteiger partial charge in [0.05, 0.1) is 6.04 Å². The first-order chi connectivity index (χ1) is 10.3. The number of anilines is 1. The minimum atomic E-state index is 0.160. The number of hydrogen-bond donors (Lipinski definition) is 0. The van der Waals surface area contributed by atoms with Crippen molar-refractivity contribution in [3.63, 3.8) is 0 Å². The fraction of sp³-hybridized carbons (Fsp3) is 0.625. The number of halogens is 1. The molecular weight excluding hydrogens is 377 g/mol. The van der Waals surface area contributed by atoms with E-state index in [1.165, 1.54) is 19.3 Å². The standard InChI is InChI=1S/C16H24IN3O/c1-2-16(21)20(15-8-4-5-9-18-15)14(12-17)13-19-10-6-3-7-11-19/h4-5,8-9,14H,2-3,6-7,10-13H2,1H3. The Labute approximate surface area is 141 Å². The van der Waals surface area contributed by atoms with E-state index in [0.29, 0.717) is 6.42 Å². The van der Waals surface area contributed by atoms with Crippen LogP contribution in [0.4, 0.5) is 5.82 Å². The average molecular weight is 401 g/mol. The van der Waals surface area contributed by atoms with Crippen LogP contribution >= 0.6 is 22.6 Å². The van der Waals surface area contributed by atoms with E-state index in [4.69, 9.17) is 0 Å². The second kappa shape index (κ2) is 8.68. The highest BCUT2D eigenvalue weighted by molar-refractivity contribution is 14.1. The maximum atomic E-state index is 12.4. The number of piperidine rings is 1. The molecule has 0 aliphatic carbocycles. The summed E-state index contributed by atoms with van der Waals surface area (Å²) in [6, 6.07) is 5.97. The molecule has 0 bridgehead atoms. The van der Waals surface area contributed by atoms with E-state index in [1.807, 2.05) is 30.0 Å². The normalized spacial score (nSPS) is 17.4. The molecule has 5 heteroatoms. The van der Waals surface area contributed by atoms with Gasteiger partial charge in [0.2, 0.25) is 5.91 Å². The maximum Gasteiger partial charge on any atom is 0.228 e. The third kappa shape index (κ3) is 4.64. The fourth-order valence-corrected chi connectivity index (χ4v) is 3.50. The van der Waals surface area contributed by atoms with Crippen LogP contribution in [0, 0.1) is 0 Å². The molecule has 1 aliphatic rings. The predicted octanol–water partition coefficient (Wildman–Crippen LogP) is 3.11. The second-order valence-corrected chi connectivity index (χ2v) is 6.36. The lowest BCUT2D eigenvalue weighted by Crippen LogP contribution is -2.49. The second-order valence-electron chi connectivity index (χ2n) is 5.47. The van der Waals surface area contributed by atoms with Crippen LogP contribution in [0.2, 0.25) is 0 Å². The predicted molar refractivity (Wildman–Crippen MR) is 95.0 cm³/mol. The van der Waals surface area contributed by atoms with Crippen LogP contribution in [-0.2, 0) is 4.79 Å². The third-order valence-corrected chi connectivity index (χ3v) is 4.94. The zero-order valence-electron chi connectivity index (χ0n) is 12.7. The SMILES string of the molecule is CCC(=O)N(c1ccccn1)C(CI)CN1CCCCC1. The number of amides is 1. The van der Waals surface area contributed by atoms with E-state index < -0.39 is 0 Å². The van der Waals surface area contributed by atoms with Crippen molar-refractivity contribution in [2.24, 2.45) is 0 Å². The van der Waals surface area contributed by atoms with Crippen molar-refractivity contribution in [1.82, 2.24) is 9.88 Å². The number of nitrogens with zero attached hydrogens (tertiary/aromatic N) is 3. The van der Waals surface area contributed by atoms with Gasteiger partial charge in [0.15, 0.2) is 0 Å². The Balaban J connectivity index is 2.14. The molecule has 0 saturated carbocycles. The minimum Gasteiger partial charge on any atom is -0.301 e. The Morgan fingerprint density at radius 3 is 2.71 bits per heavy atom. The molecule has 116 valence electrons. The fourth-order valence-electron chi connectivity index (χ4n) is 2.82. The molecule has 1 fully saturated rings. The lowest BCUT2D eigenvalue weighted by atomic mass is 10.1. The highest BCUT2D eigenvalue weighted by atomic mass is 127. The van der Waals surface area contributed by atoms with Crippen molar-refractivity contribution < 1.29 is 4.79 Å². The lowest BCUT2D eigenvalue weighted by molar-refractivity contribution is -0.118. The summed E-state index contributed by atoms with van der Waals surface area (Å²) >= 11 is 2.39. The van der Waals surface area contributed by atoms with Gasteiger partial charge in [-0.2, -0.15) is 0 Å². The van der Waals surface area contributed by atoms with Crippen molar-refractivity contribution >= 4 is 34.3 Å².